The average Bonchev–Trinajstić information content (AvgIpc) is 3.21. The smallest absolute Gasteiger partial charge is 0.291 e. The summed E-state index contributed by atoms with van der Waals surface area (Å²) in [5, 5.41) is 3.72. The summed E-state index contributed by atoms with van der Waals surface area (Å²) in [5.74, 6) is 0.398. The lowest BCUT2D eigenvalue weighted by atomic mass is 10.0. The summed E-state index contributed by atoms with van der Waals surface area (Å²) in [7, 11) is 0. The fourth-order valence-electron chi connectivity index (χ4n) is 3.71. The molecule has 2 heterocycles. The summed E-state index contributed by atoms with van der Waals surface area (Å²) >= 11 is 12.3. The number of nitrogens with one attached hydrogen (secondary N) is 1. The molecule has 4 nitrogen and oxygen atoms in total. The van der Waals surface area contributed by atoms with Crippen molar-refractivity contribution in [3.63, 3.8) is 0 Å². The number of halogens is 2. The highest BCUT2D eigenvalue weighted by atomic mass is 35.5. The lowest BCUT2D eigenvalue weighted by molar-refractivity contribution is 0.0997. The first kappa shape index (κ1) is 19.9. The standard InChI is InChI=1S/C23H22Cl2N2O2/c1-15-5-2-3-14-27(15)17-10-8-16(9-11-17)26-23(28)21-13-12-20(29-21)18-6-4-7-19(24)22(18)25/h4,6-13,15H,2-3,5,14H2,1H3,(H,26,28)/t15-/m0/s1. The Kier molecular flexibility index (Phi) is 5.84. The van der Waals surface area contributed by atoms with Crippen molar-refractivity contribution in [2.45, 2.75) is 32.2 Å². The molecule has 1 fully saturated rings. The Hall–Kier alpha value is -2.43. The average molecular weight is 429 g/mol. The Morgan fingerprint density at radius 2 is 1.86 bits per heavy atom. The number of piperidine rings is 1. The van der Waals surface area contributed by atoms with Crippen LogP contribution >= 0.6 is 23.2 Å². The van der Waals surface area contributed by atoms with E-state index in [1.165, 1.54) is 24.9 Å². The Labute approximate surface area is 180 Å². The molecule has 6 heteroatoms. The molecule has 1 saturated heterocycles. The van der Waals surface area contributed by atoms with Gasteiger partial charge in [0.05, 0.1) is 10.0 Å². The quantitative estimate of drug-likeness (QED) is 0.492. The third-order valence-electron chi connectivity index (χ3n) is 5.31. The molecule has 0 bridgehead atoms. The minimum Gasteiger partial charge on any atom is -0.451 e. The van der Waals surface area contributed by atoms with Crippen LogP contribution in [-0.4, -0.2) is 18.5 Å². The highest BCUT2D eigenvalue weighted by Gasteiger charge is 2.19. The summed E-state index contributed by atoms with van der Waals surface area (Å²) in [5.41, 5.74) is 2.56. The molecule has 1 amide bonds. The molecule has 1 atom stereocenters. The van der Waals surface area contributed by atoms with Gasteiger partial charge < -0.3 is 14.6 Å². The van der Waals surface area contributed by atoms with E-state index in [1.54, 1.807) is 30.3 Å². The number of carbonyl (C=O) groups excluding carboxylic acids is 1. The van der Waals surface area contributed by atoms with E-state index in [2.05, 4.69) is 29.3 Å². The van der Waals surface area contributed by atoms with Crippen LogP contribution in [0.2, 0.25) is 10.0 Å². The van der Waals surface area contributed by atoms with Crippen LogP contribution in [0.4, 0.5) is 11.4 Å². The van der Waals surface area contributed by atoms with E-state index in [0.29, 0.717) is 27.4 Å². The van der Waals surface area contributed by atoms with Gasteiger partial charge in [-0.15, -0.1) is 0 Å². The zero-order valence-electron chi connectivity index (χ0n) is 16.1. The number of carbonyl (C=O) groups is 1. The fourth-order valence-corrected chi connectivity index (χ4v) is 4.10. The number of furan rings is 1. The number of anilines is 2. The van der Waals surface area contributed by atoms with Crippen molar-refractivity contribution in [2.75, 3.05) is 16.8 Å². The maximum absolute atomic E-state index is 12.6. The number of nitrogens with zero attached hydrogens (tertiary/aromatic N) is 1. The SMILES string of the molecule is C[C@H]1CCCCN1c1ccc(NC(=O)c2ccc(-c3cccc(Cl)c3Cl)o2)cc1. The van der Waals surface area contributed by atoms with E-state index >= 15 is 0 Å². The molecular weight excluding hydrogens is 407 g/mol. The van der Waals surface area contributed by atoms with Crippen LogP contribution < -0.4 is 10.2 Å². The van der Waals surface area contributed by atoms with E-state index in [4.69, 9.17) is 27.6 Å². The number of rotatable bonds is 4. The van der Waals surface area contributed by atoms with Crippen LogP contribution in [0.15, 0.2) is 59.0 Å². The molecule has 3 aromatic rings. The first-order valence-corrected chi connectivity index (χ1v) is 10.5. The second-order valence-corrected chi connectivity index (χ2v) is 8.09. The summed E-state index contributed by atoms with van der Waals surface area (Å²) in [6, 6.07) is 17.1. The van der Waals surface area contributed by atoms with Crippen LogP contribution in [0.1, 0.15) is 36.7 Å². The second-order valence-electron chi connectivity index (χ2n) is 7.30. The van der Waals surface area contributed by atoms with Gasteiger partial charge in [-0.25, -0.2) is 0 Å². The third kappa shape index (κ3) is 4.29. The Morgan fingerprint density at radius 3 is 2.62 bits per heavy atom. The molecule has 0 unspecified atom stereocenters. The Balaban J connectivity index is 1.46. The van der Waals surface area contributed by atoms with E-state index in [0.717, 1.165) is 12.2 Å². The lowest BCUT2D eigenvalue weighted by Gasteiger charge is -2.35. The summed E-state index contributed by atoms with van der Waals surface area (Å²) in [6.45, 7) is 3.34. The van der Waals surface area contributed by atoms with E-state index in [1.807, 2.05) is 12.1 Å². The molecule has 2 aromatic carbocycles. The van der Waals surface area contributed by atoms with Gasteiger partial charge in [-0.05, 0) is 74.7 Å². The van der Waals surface area contributed by atoms with Crippen LogP contribution in [0, 0.1) is 0 Å². The van der Waals surface area contributed by atoms with Crippen molar-refractivity contribution in [3.8, 4) is 11.3 Å². The van der Waals surface area contributed by atoms with Gasteiger partial charge in [-0.3, -0.25) is 4.79 Å². The zero-order chi connectivity index (χ0) is 20.4. The molecule has 1 aromatic heterocycles. The van der Waals surface area contributed by atoms with Gasteiger partial charge in [-0.1, -0.05) is 29.3 Å². The predicted molar refractivity (Wildman–Crippen MR) is 119 cm³/mol. The third-order valence-corrected chi connectivity index (χ3v) is 6.13. The first-order chi connectivity index (χ1) is 14.0. The zero-order valence-corrected chi connectivity index (χ0v) is 17.6. The van der Waals surface area contributed by atoms with Gasteiger partial charge in [0.2, 0.25) is 0 Å². The van der Waals surface area contributed by atoms with Crippen molar-refractivity contribution >= 4 is 40.5 Å². The number of hydrogen-bond acceptors (Lipinski definition) is 3. The number of benzene rings is 2. The summed E-state index contributed by atoms with van der Waals surface area (Å²) < 4.78 is 5.71. The minimum atomic E-state index is -0.312. The topological polar surface area (TPSA) is 45.5 Å². The maximum atomic E-state index is 12.6. The Bertz CT molecular complexity index is 1010. The normalized spacial score (nSPS) is 16.7. The second kappa shape index (κ2) is 8.52. The fraction of sp³-hybridized carbons (Fsp3) is 0.261. The van der Waals surface area contributed by atoms with E-state index < -0.39 is 0 Å². The van der Waals surface area contributed by atoms with E-state index in [9.17, 15) is 4.79 Å². The van der Waals surface area contributed by atoms with Crippen LogP contribution in [-0.2, 0) is 0 Å². The van der Waals surface area contributed by atoms with Gasteiger partial charge in [0.25, 0.3) is 5.91 Å². The van der Waals surface area contributed by atoms with Crippen molar-refractivity contribution in [2.24, 2.45) is 0 Å². The molecule has 1 N–H and O–H groups in total. The van der Waals surface area contributed by atoms with Gasteiger partial charge in [0, 0.05) is 29.5 Å². The molecule has 150 valence electrons. The lowest BCUT2D eigenvalue weighted by Crippen LogP contribution is -2.37. The van der Waals surface area contributed by atoms with Gasteiger partial charge >= 0.3 is 0 Å². The molecule has 1 aliphatic heterocycles. The maximum Gasteiger partial charge on any atom is 0.291 e. The van der Waals surface area contributed by atoms with Crippen LogP contribution in [0.25, 0.3) is 11.3 Å². The van der Waals surface area contributed by atoms with Crippen LogP contribution in [0.3, 0.4) is 0 Å². The molecular formula is C23H22Cl2N2O2. The van der Waals surface area contributed by atoms with Gasteiger partial charge in [0.15, 0.2) is 5.76 Å². The monoisotopic (exact) mass is 428 g/mol. The molecule has 0 saturated carbocycles. The van der Waals surface area contributed by atoms with Crippen molar-refractivity contribution in [1.29, 1.82) is 0 Å². The number of amides is 1. The number of hydrogen-bond donors (Lipinski definition) is 1. The van der Waals surface area contributed by atoms with Crippen molar-refractivity contribution < 1.29 is 9.21 Å². The molecule has 0 aliphatic carbocycles. The molecule has 1 aliphatic rings. The summed E-state index contributed by atoms with van der Waals surface area (Å²) in [6.07, 6.45) is 3.73. The van der Waals surface area contributed by atoms with Crippen LogP contribution in [0.5, 0.6) is 0 Å². The summed E-state index contributed by atoms with van der Waals surface area (Å²) in [4.78, 5) is 15.0. The largest absolute Gasteiger partial charge is 0.451 e. The highest BCUT2D eigenvalue weighted by molar-refractivity contribution is 6.43. The molecule has 4 rings (SSSR count). The van der Waals surface area contributed by atoms with Crippen molar-refractivity contribution in [3.05, 3.63) is 70.4 Å². The molecule has 29 heavy (non-hydrogen) atoms. The van der Waals surface area contributed by atoms with Gasteiger partial charge in [-0.2, -0.15) is 0 Å². The predicted octanol–water partition coefficient (Wildman–Crippen LogP) is 6.88. The van der Waals surface area contributed by atoms with E-state index in [-0.39, 0.29) is 11.7 Å². The minimum absolute atomic E-state index is 0.213. The Morgan fingerprint density at radius 1 is 1.07 bits per heavy atom. The molecule has 0 spiro atoms. The molecule has 0 radical (unpaired) electrons. The van der Waals surface area contributed by atoms with Gasteiger partial charge in [0.1, 0.15) is 5.76 Å². The highest BCUT2D eigenvalue weighted by Crippen LogP contribution is 2.34. The van der Waals surface area contributed by atoms with Crippen molar-refractivity contribution in [1.82, 2.24) is 0 Å². The first-order valence-electron chi connectivity index (χ1n) is 9.75.